The van der Waals surface area contributed by atoms with Crippen molar-refractivity contribution < 1.29 is 9.53 Å². The quantitative estimate of drug-likeness (QED) is 0.488. The zero-order valence-electron chi connectivity index (χ0n) is 13.9. The Balaban J connectivity index is 1.95. The first-order valence-electron chi connectivity index (χ1n) is 7.90. The molecule has 3 heterocycles. The Morgan fingerprint density at radius 3 is 2.81 bits per heavy atom. The third-order valence-corrected chi connectivity index (χ3v) is 4.76. The van der Waals surface area contributed by atoms with Crippen molar-refractivity contribution in [1.82, 2.24) is 24.4 Å². The number of carbonyl (C=O) groups excluding carboxylic acids is 1. The first-order chi connectivity index (χ1) is 13.0. The SMILES string of the molecule is CCOC(=O)c1cnn2c1nnc1c(=O)n(-c3cccc(Cl)c3Cl)ccc12. The predicted octanol–water partition coefficient (Wildman–Crippen LogP) is 2.91. The smallest absolute Gasteiger partial charge is 0.343 e. The van der Waals surface area contributed by atoms with E-state index in [-0.39, 0.29) is 28.4 Å². The molecule has 0 N–H and O–H groups in total. The molecule has 10 heteroatoms. The van der Waals surface area contributed by atoms with Gasteiger partial charge >= 0.3 is 5.97 Å². The number of rotatable bonds is 3. The van der Waals surface area contributed by atoms with Crippen molar-refractivity contribution in [3.63, 3.8) is 0 Å². The number of aromatic nitrogens is 5. The largest absolute Gasteiger partial charge is 0.462 e. The minimum atomic E-state index is -0.555. The summed E-state index contributed by atoms with van der Waals surface area (Å²) in [5, 5.41) is 12.7. The van der Waals surface area contributed by atoms with Crippen LogP contribution in [0.15, 0.2) is 41.5 Å². The molecule has 0 amide bonds. The van der Waals surface area contributed by atoms with Gasteiger partial charge in [0, 0.05) is 6.20 Å². The number of benzene rings is 1. The molecule has 1 aromatic carbocycles. The maximum Gasteiger partial charge on any atom is 0.343 e. The fraction of sp³-hybridized carbons (Fsp3) is 0.118. The summed E-state index contributed by atoms with van der Waals surface area (Å²) < 4.78 is 7.68. The number of ether oxygens (including phenoxy) is 1. The topological polar surface area (TPSA) is 91.4 Å². The van der Waals surface area contributed by atoms with Crippen LogP contribution in [0.4, 0.5) is 0 Å². The van der Waals surface area contributed by atoms with E-state index < -0.39 is 11.5 Å². The second-order valence-electron chi connectivity index (χ2n) is 5.51. The van der Waals surface area contributed by atoms with Gasteiger partial charge < -0.3 is 4.74 Å². The number of esters is 1. The van der Waals surface area contributed by atoms with E-state index in [0.29, 0.717) is 16.2 Å². The molecule has 8 nitrogen and oxygen atoms in total. The lowest BCUT2D eigenvalue weighted by Crippen LogP contribution is -2.20. The minimum absolute atomic E-state index is 0.0690. The summed E-state index contributed by atoms with van der Waals surface area (Å²) in [6.45, 7) is 1.93. The fourth-order valence-electron chi connectivity index (χ4n) is 2.71. The number of halogens is 2. The summed E-state index contributed by atoms with van der Waals surface area (Å²) in [6.07, 6.45) is 2.87. The van der Waals surface area contributed by atoms with Gasteiger partial charge in [-0.3, -0.25) is 9.36 Å². The highest BCUT2D eigenvalue weighted by atomic mass is 35.5. The van der Waals surface area contributed by atoms with Gasteiger partial charge in [-0.15, -0.1) is 10.2 Å². The molecule has 0 spiro atoms. The molecule has 0 saturated carbocycles. The highest BCUT2D eigenvalue weighted by Crippen LogP contribution is 2.28. The van der Waals surface area contributed by atoms with Gasteiger partial charge in [-0.05, 0) is 25.1 Å². The number of carbonyl (C=O) groups is 1. The second kappa shape index (κ2) is 6.64. The summed E-state index contributed by atoms with van der Waals surface area (Å²) >= 11 is 12.3. The lowest BCUT2D eigenvalue weighted by atomic mass is 10.3. The van der Waals surface area contributed by atoms with E-state index in [1.165, 1.54) is 21.5 Å². The molecule has 4 aromatic rings. The molecule has 0 unspecified atom stereocenters. The maximum absolute atomic E-state index is 12.9. The van der Waals surface area contributed by atoms with E-state index >= 15 is 0 Å². The van der Waals surface area contributed by atoms with Gasteiger partial charge in [-0.25, -0.2) is 9.31 Å². The van der Waals surface area contributed by atoms with Crippen LogP contribution in [0.2, 0.25) is 10.0 Å². The molecule has 0 saturated heterocycles. The zero-order valence-corrected chi connectivity index (χ0v) is 15.4. The molecule has 0 radical (unpaired) electrons. The van der Waals surface area contributed by atoms with Gasteiger partial charge in [0.05, 0.1) is 28.5 Å². The zero-order chi connectivity index (χ0) is 19.1. The van der Waals surface area contributed by atoms with Gasteiger partial charge in [0.1, 0.15) is 11.1 Å². The van der Waals surface area contributed by atoms with Crippen LogP contribution < -0.4 is 5.56 Å². The van der Waals surface area contributed by atoms with Crippen LogP contribution in [0.5, 0.6) is 0 Å². The maximum atomic E-state index is 12.9. The molecular weight excluding hydrogens is 393 g/mol. The van der Waals surface area contributed by atoms with E-state index in [1.807, 2.05) is 0 Å². The van der Waals surface area contributed by atoms with E-state index in [2.05, 4.69) is 15.3 Å². The fourth-order valence-corrected chi connectivity index (χ4v) is 3.10. The molecule has 3 aromatic heterocycles. The number of nitrogens with zero attached hydrogens (tertiary/aromatic N) is 5. The first kappa shape index (κ1) is 17.4. The third kappa shape index (κ3) is 2.73. The Labute approximate surface area is 161 Å². The third-order valence-electron chi connectivity index (χ3n) is 3.95. The highest BCUT2D eigenvalue weighted by Gasteiger charge is 2.19. The van der Waals surface area contributed by atoms with Crippen LogP contribution in [-0.4, -0.2) is 37.0 Å². The Hall–Kier alpha value is -2.97. The van der Waals surface area contributed by atoms with Gasteiger partial charge in [0.25, 0.3) is 5.56 Å². The number of fused-ring (bicyclic) bond motifs is 3. The van der Waals surface area contributed by atoms with Crippen LogP contribution in [0.1, 0.15) is 17.3 Å². The molecule has 0 bridgehead atoms. The minimum Gasteiger partial charge on any atom is -0.462 e. The van der Waals surface area contributed by atoms with Crippen molar-refractivity contribution in [3.8, 4) is 5.69 Å². The average Bonchev–Trinajstić information content (AvgIpc) is 3.09. The number of pyridine rings is 1. The summed E-state index contributed by atoms with van der Waals surface area (Å²) in [7, 11) is 0. The van der Waals surface area contributed by atoms with E-state index in [0.717, 1.165) is 0 Å². The molecule has 0 aliphatic rings. The normalized spacial score (nSPS) is 11.2. The van der Waals surface area contributed by atoms with Crippen LogP contribution in [-0.2, 0) is 4.74 Å². The summed E-state index contributed by atoms with van der Waals surface area (Å²) in [6, 6.07) is 6.62. The molecule has 4 rings (SSSR count). The Bertz CT molecular complexity index is 1260. The lowest BCUT2D eigenvalue weighted by molar-refractivity contribution is 0.0528. The van der Waals surface area contributed by atoms with Crippen LogP contribution in [0.3, 0.4) is 0 Å². The van der Waals surface area contributed by atoms with Crippen molar-refractivity contribution in [1.29, 1.82) is 0 Å². The Morgan fingerprint density at radius 2 is 2.04 bits per heavy atom. The molecule has 0 atom stereocenters. The lowest BCUT2D eigenvalue weighted by Gasteiger charge is -2.10. The monoisotopic (exact) mass is 403 g/mol. The predicted molar refractivity (Wildman–Crippen MR) is 99.9 cm³/mol. The van der Waals surface area contributed by atoms with Crippen LogP contribution in [0, 0.1) is 0 Å². The number of hydrogen-bond donors (Lipinski definition) is 0. The highest BCUT2D eigenvalue weighted by molar-refractivity contribution is 6.43. The number of hydrogen-bond acceptors (Lipinski definition) is 6. The van der Waals surface area contributed by atoms with E-state index in [9.17, 15) is 9.59 Å². The average molecular weight is 404 g/mol. The van der Waals surface area contributed by atoms with Gasteiger partial charge in [-0.2, -0.15) is 5.10 Å². The summed E-state index contributed by atoms with van der Waals surface area (Å²) in [5.41, 5.74) is 0.826. The van der Waals surface area contributed by atoms with Crippen molar-refractivity contribution in [3.05, 3.63) is 62.6 Å². The molecule has 27 heavy (non-hydrogen) atoms. The standard InChI is InChI=1S/C17H11Cl2N5O3/c1-2-27-17(26)9-8-20-24-12-6-7-23(11-5-3-4-10(18)13(11)19)16(25)14(12)21-22-15(9)24/h3-8H,2H2,1H3. The van der Waals surface area contributed by atoms with Crippen molar-refractivity contribution in [2.24, 2.45) is 0 Å². The molecule has 0 fully saturated rings. The molecule has 0 aliphatic carbocycles. The van der Waals surface area contributed by atoms with E-state index in [1.54, 1.807) is 31.2 Å². The first-order valence-corrected chi connectivity index (χ1v) is 8.65. The second-order valence-corrected chi connectivity index (χ2v) is 6.30. The van der Waals surface area contributed by atoms with Gasteiger partial charge in [0.15, 0.2) is 11.2 Å². The van der Waals surface area contributed by atoms with Crippen LogP contribution >= 0.6 is 23.2 Å². The van der Waals surface area contributed by atoms with Crippen molar-refractivity contribution >= 4 is 45.9 Å². The van der Waals surface area contributed by atoms with E-state index in [4.69, 9.17) is 27.9 Å². The Kier molecular flexibility index (Phi) is 4.29. The van der Waals surface area contributed by atoms with Gasteiger partial charge in [0.2, 0.25) is 0 Å². The Morgan fingerprint density at radius 1 is 1.22 bits per heavy atom. The molecule has 0 aliphatic heterocycles. The van der Waals surface area contributed by atoms with Gasteiger partial charge in [-0.1, -0.05) is 29.3 Å². The summed E-state index contributed by atoms with van der Waals surface area (Å²) in [4.78, 5) is 24.9. The van der Waals surface area contributed by atoms with Crippen LogP contribution in [0.25, 0.3) is 22.4 Å². The molecule has 136 valence electrons. The molecular formula is C17H11Cl2N5O3. The van der Waals surface area contributed by atoms with Crippen molar-refractivity contribution in [2.45, 2.75) is 6.92 Å². The van der Waals surface area contributed by atoms with Crippen molar-refractivity contribution in [2.75, 3.05) is 6.61 Å². The summed E-state index contributed by atoms with van der Waals surface area (Å²) in [5.74, 6) is -0.555.